The zero-order chi connectivity index (χ0) is 19.3. The highest BCUT2D eigenvalue weighted by Crippen LogP contribution is 2.28. The number of amides is 1. The highest BCUT2D eigenvalue weighted by molar-refractivity contribution is 8.00. The van der Waals surface area contributed by atoms with Crippen LogP contribution in [-0.2, 0) is 4.79 Å². The molecule has 0 aliphatic carbocycles. The number of carbonyl (C=O) groups excluding carboxylic acids is 1. The maximum absolute atomic E-state index is 12.5. The summed E-state index contributed by atoms with van der Waals surface area (Å²) in [5.41, 5.74) is 0. The van der Waals surface area contributed by atoms with Crippen molar-refractivity contribution in [3.8, 4) is 5.75 Å². The lowest BCUT2D eigenvalue weighted by Gasteiger charge is -2.36. The second-order valence-corrected chi connectivity index (χ2v) is 7.86. The lowest BCUT2D eigenvalue weighted by Crippen LogP contribution is -2.51. The van der Waals surface area contributed by atoms with E-state index in [1.54, 1.807) is 17.3 Å². The second kappa shape index (κ2) is 8.63. The first-order valence-electron chi connectivity index (χ1n) is 9.34. The Kier molecular flexibility index (Phi) is 5.78. The van der Waals surface area contributed by atoms with E-state index in [0.29, 0.717) is 25.3 Å². The summed E-state index contributed by atoms with van der Waals surface area (Å²) >= 11 is 1.52. The summed E-state index contributed by atoms with van der Waals surface area (Å²) in [5.74, 6) is 1.16. The largest absolute Gasteiger partial charge is 0.487 e. The topological polar surface area (TPSA) is 62.7 Å². The summed E-state index contributed by atoms with van der Waals surface area (Å²) < 4.78 is 6.12. The molecule has 3 aromatic rings. The number of pyridine rings is 1. The number of hydrogen-bond acceptors (Lipinski definition) is 5. The van der Waals surface area contributed by atoms with Crippen molar-refractivity contribution < 1.29 is 14.6 Å². The van der Waals surface area contributed by atoms with Gasteiger partial charge in [0.2, 0.25) is 5.91 Å². The number of ether oxygens (including phenoxy) is 1. The Morgan fingerprint density at radius 3 is 2.86 bits per heavy atom. The molecule has 0 spiro atoms. The third kappa shape index (κ3) is 4.29. The second-order valence-electron chi connectivity index (χ2n) is 6.81. The number of fused-ring (bicyclic) bond motifs is 1. The molecule has 1 aliphatic heterocycles. The average molecular weight is 394 g/mol. The summed E-state index contributed by atoms with van der Waals surface area (Å²) in [6.07, 6.45) is 3.09. The van der Waals surface area contributed by atoms with E-state index in [1.807, 2.05) is 54.6 Å². The number of likely N-dealkylation sites (tertiary alicyclic amines) is 1. The van der Waals surface area contributed by atoms with E-state index in [9.17, 15) is 9.90 Å². The van der Waals surface area contributed by atoms with Crippen LogP contribution in [0.4, 0.5) is 0 Å². The predicted molar refractivity (Wildman–Crippen MR) is 111 cm³/mol. The minimum absolute atomic E-state index is 0.0441. The third-order valence-electron chi connectivity index (χ3n) is 4.90. The molecule has 1 aliphatic rings. The lowest BCUT2D eigenvalue weighted by molar-refractivity contribution is -0.134. The Morgan fingerprint density at radius 2 is 2.04 bits per heavy atom. The van der Waals surface area contributed by atoms with Gasteiger partial charge in [-0.2, -0.15) is 0 Å². The molecule has 1 fully saturated rings. The van der Waals surface area contributed by atoms with Gasteiger partial charge in [0.1, 0.15) is 18.0 Å². The Bertz CT molecular complexity index is 945. The van der Waals surface area contributed by atoms with Crippen molar-refractivity contribution in [2.75, 3.05) is 18.8 Å². The molecule has 144 valence electrons. The quantitative estimate of drug-likeness (QED) is 0.673. The molecule has 5 nitrogen and oxygen atoms in total. The fraction of sp³-hybridized carbons (Fsp3) is 0.273. The zero-order valence-electron chi connectivity index (χ0n) is 15.4. The molecule has 2 aromatic carbocycles. The van der Waals surface area contributed by atoms with E-state index >= 15 is 0 Å². The van der Waals surface area contributed by atoms with Crippen LogP contribution in [0, 0.1) is 0 Å². The van der Waals surface area contributed by atoms with Crippen molar-refractivity contribution >= 4 is 28.4 Å². The first kappa shape index (κ1) is 18.8. The molecule has 1 saturated heterocycles. The van der Waals surface area contributed by atoms with Crippen LogP contribution >= 0.6 is 11.8 Å². The van der Waals surface area contributed by atoms with Gasteiger partial charge >= 0.3 is 0 Å². The van der Waals surface area contributed by atoms with Gasteiger partial charge in [-0.25, -0.2) is 0 Å². The van der Waals surface area contributed by atoms with Crippen molar-refractivity contribution in [3.63, 3.8) is 0 Å². The van der Waals surface area contributed by atoms with Crippen molar-refractivity contribution in [2.45, 2.75) is 23.5 Å². The zero-order valence-corrected chi connectivity index (χ0v) is 16.2. The molecule has 0 bridgehead atoms. The summed E-state index contributed by atoms with van der Waals surface area (Å²) in [5, 5.41) is 12.5. The maximum Gasteiger partial charge on any atom is 0.233 e. The molecule has 2 atom stereocenters. The van der Waals surface area contributed by atoms with Crippen LogP contribution in [0.3, 0.4) is 0 Å². The molecule has 6 heteroatoms. The van der Waals surface area contributed by atoms with Crippen LogP contribution in [0.25, 0.3) is 10.8 Å². The Hall–Kier alpha value is -2.57. The summed E-state index contributed by atoms with van der Waals surface area (Å²) in [6.45, 7) is 0.882. The Morgan fingerprint density at radius 1 is 1.18 bits per heavy atom. The highest BCUT2D eigenvalue weighted by Gasteiger charge is 2.31. The van der Waals surface area contributed by atoms with Crippen LogP contribution < -0.4 is 4.74 Å². The van der Waals surface area contributed by atoms with Gasteiger partial charge in [-0.05, 0) is 24.3 Å². The molecule has 4 rings (SSSR count). The van der Waals surface area contributed by atoms with E-state index in [4.69, 9.17) is 4.74 Å². The normalized spacial score (nSPS) is 19.5. The number of thioether (sulfide) groups is 1. The van der Waals surface area contributed by atoms with Crippen LogP contribution in [-0.4, -0.2) is 51.9 Å². The number of nitrogens with zero attached hydrogens (tertiary/aromatic N) is 2. The summed E-state index contributed by atoms with van der Waals surface area (Å²) in [7, 11) is 0. The van der Waals surface area contributed by atoms with E-state index in [-0.39, 0.29) is 12.0 Å². The Labute approximate surface area is 168 Å². The van der Waals surface area contributed by atoms with Gasteiger partial charge < -0.3 is 14.7 Å². The van der Waals surface area contributed by atoms with Crippen LogP contribution in [0.15, 0.2) is 71.9 Å². The lowest BCUT2D eigenvalue weighted by atomic mass is 10.0. The number of β-amino-alcohol motifs (C(OH)–C–C–N with tert-alkyl or cyclic N) is 1. The molecular weight excluding hydrogens is 372 g/mol. The minimum atomic E-state index is -0.712. The molecule has 28 heavy (non-hydrogen) atoms. The van der Waals surface area contributed by atoms with Gasteiger partial charge in [0, 0.05) is 41.0 Å². The fourth-order valence-corrected chi connectivity index (χ4v) is 4.21. The first-order chi connectivity index (χ1) is 13.7. The van der Waals surface area contributed by atoms with Gasteiger partial charge in [-0.1, -0.05) is 30.3 Å². The number of aliphatic hydroxyl groups is 1. The van der Waals surface area contributed by atoms with Gasteiger partial charge in [0.05, 0.1) is 12.3 Å². The fourth-order valence-electron chi connectivity index (χ4n) is 3.39. The summed E-state index contributed by atoms with van der Waals surface area (Å²) in [4.78, 5) is 19.4. The molecule has 0 unspecified atom stereocenters. The number of aliphatic hydroxyl groups excluding tert-OH is 1. The van der Waals surface area contributed by atoms with Crippen molar-refractivity contribution in [1.82, 2.24) is 9.88 Å². The molecule has 1 aromatic heterocycles. The van der Waals surface area contributed by atoms with Crippen molar-refractivity contribution in [2.24, 2.45) is 0 Å². The van der Waals surface area contributed by atoms with Crippen molar-refractivity contribution in [1.29, 1.82) is 0 Å². The molecule has 0 saturated carbocycles. The highest BCUT2D eigenvalue weighted by atomic mass is 32.2. The third-order valence-corrected chi connectivity index (χ3v) is 5.89. The number of rotatable bonds is 5. The van der Waals surface area contributed by atoms with Crippen LogP contribution in [0.5, 0.6) is 5.75 Å². The first-order valence-corrected chi connectivity index (χ1v) is 10.3. The smallest absolute Gasteiger partial charge is 0.233 e. The number of hydrogen-bond donors (Lipinski definition) is 1. The average Bonchev–Trinajstić information content (AvgIpc) is 2.74. The Balaban J connectivity index is 1.35. The van der Waals surface area contributed by atoms with E-state index in [2.05, 4.69) is 4.98 Å². The van der Waals surface area contributed by atoms with E-state index < -0.39 is 6.10 Å². The van der Waals surface area contributed by atoms with E-state index in [0.717, 1.165) is 21.4 Å². The van der Waals surface area contributed by atoms with Gasteiger partial charge in [-0.15, -0.1) is 11.8 Å². The molecule has 2 heterocycles. The van der Waals surface area contributed by atoms with Gasteiger partial charge in [0.25, 0.3) is 0 Å². The van der Waals surface area contributed by atoms with Crippen LogP contribution in [0.1, 0.15) is 6.42 Å². The monoisotopic (exact) mass is 394 g/mol. The molecule has 0 radical (unpaired) electrons. The predicted octanol–water partition coefficient (Wildman–Crippen LogP) is 3.37. The molecular formula is C22H22N2O3S. The number of benzene rings is 2. The number of carbonyl (C=O) groups is 1. The van der Waals surface area contributed by atoms with Crippen LogP contribution in [0.2, 0.25) is 0 Å². The molecule has 1 amide bonds. The maximum atomic E-state index is 12.5. The standard InChI is InChI=1S/C22H22N2O3S/c25-19-14-24(22(26)15-28-17-6-2-1-3-7-17)12-10-21(19)27-20-8-4-5-16-13-23-11-9-18(16)20/h1-9,11,13,19,21,25H,10,12,14-15H2/t19-,21-/m1/s1. The van der Waals surface area contributed by atoms with Gasteiger partial charge in [0.15, 0.2) is 0 Å². The molecule has 1 N–H and O–H groups in total. The van der Waals surface area contributed by atoms with E-state index in [1.165, 1.54) is 11.8 Å². The number of piperidine rings is 1. The SMILES string of the molecule is O=C(CSc1ccccc1)N1CC[C@@H](Oc2cccc3cnccc23)[C@H](O)C1. The van der Waals surface area contributed by atoms with Gasteiger partial charge in [-0.3, -0.25) is 9.78 Å². The summed E-state index contributed by atoms with van der Waals surface area (Å²) in [6, 6.07) is 17.6. The number of aromatic nitrogens is 1. The minimum Gasteiger partial charge on any atom is -0.487 e. The van der Waals surface area contributed by atoms with Crippen molar-refractivity contribution in [3.05, 3.63) is 67.0 Å².